The van der Waals surface area contributed by atoms with Gasteiger partial charge in [0.1, 0.15) is 0 Å². The van der Waals surface area contributed by atoms with Crippen molar-refractivity contribution in [3.8, 4) is 0 Å². The molecule has 130 valence electrons. The molecule has 1 saturated heterocycles. The Morgan fingerprint density at radius 1 is 1.18 bits per heavy atom. The number of hydrogen-bond donors (Lipinski definition) is 2. The van der Waals surface area contributed by atoms with Crippen molar-refractivity contribution in [2.45, 2.75) is 102 Å². The molecule has 22 heavy (non-hydrogen) atoms. The van der Waals surface area contributed by atoms with E-state index in [1.165, 1.54) is 25.7 Å². The zero-order valence-electron chi connectivity index (χ0n) is 15.3. The number of aliphatic hydroxyl groups excluding tert-OH is 1. The standard InChI is InChI=1S/C18H37NO2Si/c1-18(2,3)22(4,5)21-16-10-11-19-15(12-16)13-17(20)14-8-6-7-9-14/h14-17,19-20H,6-13H2,1-5H3/t15-,16+,17+/m1/s1. The monoisotopic (exact) mass is 327 g/mol. The fourth-order valence-corrected chi connectivity index (χ4v) is 5.07. The van der Waals surface area contributed by atoms with Gasteiger partial charge in [-0.2, -0.15) is 0 Å². The van der Waals surface area contributed by atoms with Crippen molar-refractivity contribution in [2.75, 3.05) is 6.54 Å². The highest BCUT2D eigenvalue weighted by Crippen LogP contribution is 2.38. The van der Waals surface area contributed by atoms with Crippen LogP contribution in [0.25, 0.3) is 0 Å². The van der Waals surface area contributed by atoms with Crippen molar-refractivity contribution >= 4 is 8.32 Å². The molecule has 1 saturated carbocycles. The predicted molar refractivity (Wildman–Crippen MR) is 95.7 cm³/mol. The molecule has 0 aromatic carbocycles. The summed E-state index contributed by atoms with van der Waals surface area (Å²) in [7, 11) is -1.68. The van der Waals surface area contributed by atoms with Crippen LogP contribution in [0.4, 0.5) is 0 Å². The van der Waals surface area contributed by atoms with Gasteiger partial charge in [0.2, 0.25) is 0 Å². The van der Waals surface area contributed by atoms with Crippen LogP contribution in [0.5, 0.6) is 0 Å². The highest BCUT2D eigenvalue weighted by atomic mass is 28.4. The summed E-state index contributed by atoms with van der Waals surface area (Å²) in [6.07, 6.45) is 8.39. The second-order valence-corrected chi connectivity index (χ2v) is 13.8. The lowest BCUT2D eigenvalue weighted by molar-refractivity contribution is 0.0655. The van der Waals surface area contributed by atoms with Gasteiger partial charge in [0, 0.05) is 12.1 Å². The molecule has 2 N–H and O–H groups in total. The Balaban J connectivity index is 1.83. The molecule has 2 fully saturated rings. The Bertz CT molecular complexity index is 347. The normalized spacial score (nSPS) is 29.7. The van der Waals surface area contributed by atoms with Crippen molar-refractivity contribution in [1.82, 2.24) is 5.32 Å². The van der Waals surface area contributed by atoms with E-state index in [1.807, 2.05) is 0 Å². The fourth-order valence-electron chi connectivity index (χ4n) is 3.67. The molecule has 1 aliphatic carbocycles. The summed E-state index contributed by atoms with van der Waals surface area (Å²) >= 11 is 0. The van der Waals surface area contributed by atoms with E-state index in [0.29, 0.717) is 18.1 Å². The minimum absolute atomic E-state index is 0.119. The molecule has 0 radical (unpaired) electrons. The van der Waals surface area contributed by atoms with Crippen molar-refractivity contribution in [3.05, 3.63) is 0 Å². The van der Waals surface area contributed by atoms with Crippen LogP contribution in [0.15, 0.2) is 0 Å². The van der Waals surface area contributed by atoms with Crippen molar-refractivity contribution in [3.63, 3.8) is 0 Å². The average Bonchev–Trinajstić information content (AvgIpc) is 2.91. The number of aliphatic hydroxyl groups is 1. The van der Waals surface area contributed by atoms with E-state index in [1.54, 1.807) is 0 Å². The van der Waals surface area contributed by atoms with E-state index in [0.717, 1.165) is 25.8 Å². The van der Waals surface area contributed by atoms with E-state index >= 15 is 0 Å². The number of piperidine rings is 1. The maximum absolute atomic E-state index is 10.5. The second-order valence-electron chi connectivity index (χ2n) is 9.02. The summed E-state index contributed by atoms with van der Waals surface area (Å²) in [6, 6.07) is 0.430. The van der Waals surface area contributed by atoms with E-state index in [2.05, 4.69) is 39.2 Å². The minimum atomic E-state index is -1.68. The zero-order valence-corrected chi connectivity index (χ0v) is 16.3. The summed E-state index contributed by atoms with van der Waals surface area (Å²) in [4.78, 5) is 0. The van der Waals surface area contributed by atoms with Gasteiger partial charge in [-0.3, -0.25) is 0 Å². The molecule has 3 nitrogen and oxygen atoms in total. The highest BCUT2D eigenvalue weighted by Gasteiger charge is 2.40. The largest absolute Gasteiger partial charge is 0.414 e. The van der Waals surface area contributed by atoms with Gasteiger partial charge in [0.15, 0.2) is 8.32 Å². The lowest BCUT2D eigenvalue weighted by Crippen LogP contribution is -2.49. The molecule has 4 heteroatoms. The zero-order chi connectivity index (χ0) is 16.4. The lowest BCUT2D eigenvalue weighted by Gasteiger charge is -2.42. The van der Waals surface area contributed by atoms with Crippen LogP contribution in [-0.4, -0.2) is 38.2 Å². The van der Waals surface area contributed by atoms with E-state index in [-0.39, 0.29) is 11.1 Å². The predicted octanol–water partition coefficient (Wildman–Crippen LogP) is 4.07. The molecule has 0 bridgehead atoms. The number of rotatable bonds is 5. The molecule has 0 aromatic heterocycles. The molecule has 0 amide bonds. The van der Waals surface area contributed by atoms with E-state index in [9.17, 15) is 5.11 Å². The fraction of sp³-hybridized carbons (Fsp3) is 1.00. The SMILES string of the molecule is CC(C)(C)[Si](C)(C)O[C@H]1CCN[C@@H](C[C@H](O)C2CCCC2)C1. The molecule has 0 spiro atoms. The second kappa shape index (κ2) is 7.33. The summed E-state index contributed by atoms with van der Waals surface area (Å²) < 4.78 is 6.60. The van der Waals surface area contributed by atoms with Crippen molar-refractivity contribution in [1.29, 1.82) is 0 Å². The van der Waals surface area contributed by atoms with Gasteiger partial charge < -0.3 is 14.8 Å². The van der Waals surface area contributed by atoms with Crippen LogP contribution in [0, 0.1) is 5.92 Å². The minimum Gasteiger partial charge on any atom is -0.414 e. The first-order chi connectivity index (χ1) is 10.2. The van der Waals surface area contributed by atoms with Crippen molar-refractivity contribution in [2.24, 2.45) is 5.92 Å². The first-order valence-corrected chi connectivity index (χ1v) is 12.2. The maximum Gasteiger partial charge on any atom is 0.192 e. The molecule has 1 aliphatic heterocycles. The van der Waals surface area contributed by atoms with Crippen LogP contribution < -0.4 is 5.32 Å². The Morgan fingerprint density at radius 3 is 2.41 bits per heavy atom. The smallest absolute Gasteiger partial charge is 0.192 e. The van der Waals surface area contributed by atoms with Gasteiger partial charge in [-0.1, -0.05) is 33.6 Å². The molecular weight excluding hydrogens is 290 g/mol. The van der Waals surface area contributed by atoms with Crippen molar-refractivity contribution < 1.29 is 9.53 Å². The van der Waals surface area contributed by atoms with Gasteiger partial charge in [0.05, 0.1) is 6.10 Å². The van der Waals surface area contributed by atoms with Crippen LogP contribution in [0.3, 0.4) is 0 Å². The van der Waals surface area contributed by atoms with Gasteiger partial charge >= 0.3 is 0 Å². The Labute approximate surface area is 138 Å². The Morgan fingerprint density at radius 2 is 1.82 bits per heavy atom. The van der Waals surface area contributed by atoms with Gasteiger partial charge in [-0.05, 0) is 62.7 Å². The first kappa shape index (κ1) is 18.4. The molecule has 2 aliphatic rings. The molecule has 3 atom stereocenters. The average molecular weight is 328 g/mol. The van der Waals surface area contributed by atoms with Crippen LogP contribution in [0.2, 0.25) is 18.1 Å². The third-order valence-electron chi connectivity index (χ3n) is 6.18. The summed E-state index contributed by atoms with van der Waals surface area (Å²) in [5.41, 5.74) is 0. The molecule has 1 heterocycles. The van der Waals surface area contributed by atoms with Gasteiger partial charge in [0.25, 0.3) is 0 Å². The van der Waals surface area contributed by atoms with Gasteiger partial charge in [-0.15, -0.1) is 0 Å². The third-order valence-corrected chi connectivity index (χ3v) is 10.7. The topological polar surface area (TPSA) is 41.5 Å². The van der Waals surface area contributed by atoms with E-state index < -0.39 is 8.32 Å². The van der Waals surface area contributed by atoms with Gasteiger partial charge in [-0.25, -0.2) is 0 Å². The summed E-state index contributed by atoms with van der Waals surface area (Å²) in [6.45, 7) is 12.6. The lowest BCUT2D eigenvalue weighted by atomic mass is 9.91. The Kier molecular flexibility index (Phi) is 6.14. The molecule has 0 aromatic rings. The number of nitrogens with one attached hydrogen (secondary N) is 1. The summed E-state index contributed by atoms with van der Waals surface area (Å²) in [5.74, 6) is 0.545. The van der Waals surface area contributed by atoms with E-state index in [4.69, 9.17) is 4.43 Å². The molecule has 2 rings (SSSR count). The Hall–Kier alpha value is 0.0969. The summed E-state index contributed by atoms with van der Waals surface area (Å²) in [5, 5.41) is 14.4. The highest BCUT2D eigenvalue weighted by molar-refractivity contribution is 6.74. The third kappa shape index (κ3) is 4.79. The first-order valence-electron chi connectivity index (χ1n) is 9.28. The van der Waals surface area contributed by atoms with Crippen LogP contribution in [0.1, 0.15) is 65.7 Å². The molecule has 0 unspecified atom stereocenters. The quantitative estimate of drug-likeness (QED) is 0.748. The van der Waals surface area contributed by atoms with Crippen LogP contribution in [-0.2, 0) is 4.43 Å². The maximum atomic E-state index is 10.5. The number of hydrogen-bond acceptors (Lipinski definition) is 3. The van der Waals surface area contributed by atoms with Crippen LogP contribution >= 0.6 is 0 Å². The molecular formula is C18H37NO2Si.